The van der Waals surface area contributed by atoms with E-state index in [0.717, 1.165) is 0 Å². The molecule has 0 aliphatic carbocycles. The summed E-state index contributed by atoms with van der Waals surface area (Å²) in [6, 6.07) is 5.90. The molecule has 2 atom stereocenters. The molecule has 2 aromatic rings. The number of carbonyl (C=O) groups is 3. The number of guanidine groups is 1. The first-order valence-electron chi connectivity index (χ1n) is 10.6. The first-order chi connectivity index (χ1) is 17.0. The van der Waals surface area contributed by atoms with Gasteiger partial charge in [-0.2, -0.15) is 0 Å². The molecule has 12 nitrogen and oxygen atoms in total. The lowest BCUT2D eigenvalue weighted by Crippen LogP contribution is -2.42. The Morgan fingerprint density at radius 2 is 1.94 bits per heavy atom. The average molecular weight is 539 g/mol. The maximum atomic E-state index is 12.6. The molecule has 1 aliphatic heterocycles. The quantitative estimate of drug-likeness (QED) is 0.226. The standard InChI is InChI=1S/C22H24Cl2N6O6/c23-11-3-15(20(35)16(24)4-11)17(6-19(33)34)30-18(32)9-26-21(36)10-1-12(25)5-13(2-10)29-22-27-7-14(31)8-28-22/h1-5,14,17,31,35H,6-9,25H2,(H,26,36)(H,30,32)(H,33,34)(H2,27,28,29)/t17-/m1/s1. The lowest BCUT2D eigenvalue weighted by Gasteiger charge is -2.20. The minimum absolute atomic E-state index is 0.0212. The predicted octanol–water partition coefficient (Wildman–Crippen LogP) is 1.08. The van der Waals surface area contributed by atoms with Crippen molar-refractivity contribution in [3.8, 4) is 5.75 Å². The van der Waals surface area contributed by atoms with Gasteiger partial charge in [-0.05, 0) is 30.3 Å². The van der Waals surface area contributed by atoms with Crippen molar-refractivity contribution >= 4 is 58.3 Å². The number of aromatic hydroxyl groups is 1. The number of nitrogens with zero attached hydrogens (tertiary/aromatic N) is 1. The zero-order valence-corrected chi connectivity index (χ0v) is 20.2. The predicted molar refractivity (Wildman–Crippen MR) is 134 cm³/mol. The number of halogens is 2. The monoisotopic (exact) mass is 538 g/mol. The average Bonchev–Trinajstić information content (AvgIpc) is 2.80. The van der Waals surface area contributed by atoms with E-state index in [1.54, 1.807) is 6.07 Å². The van der Waals surface area contributed by atoms with E-state index in [4.69, 9.17) is 28.9 Å². The second-order valence-electron chi connectivity index (χ2n) is 7.92. The number of anilines is 2. The van der Waals surface area contributed by atoms with Gasteiger partial charge in [0, 0.05) is 34.1 Å². The third kappa shape index (κ3) is 7.38. The number of aliphatic imine (C=N–C) groups is 1. The largest absolute Gasteiger partial charge is 0.506 e. The molecule has 0 saturated carbocycles. The molecule has 3 rings (SSSR count). The number of benzene rings is 2. The van der Waals surface area contributed by atoms with Gasteiger partial charge in [0.25, 0.3) is 5.91 Å². The van der Waals surface area contributed by atoms with Crippen LogP contribution in [0.4, 0.5) is 11.4 Å². The van der Waals surface area contributed by atoms with Gasteiger partial charge >= 0.3 is 5.97 Å². The van der Waals surface area contributed by atoms with Crippen LogP contribution in [0.5, 0.6) is 5.75 Å². The Morgan fingerprint density at radius 1 is 1.19 bits per heavy atom. The van der Waals surface area contributed by atoms with E-state index in [2.05, 4.69) is 26.3 Å². The fourth-order valence-corrected chi connectivity index (χ4v) is 3.89. The number of phenolic OH excluding ortho intramolecular Hbond substituents is 1. The number of aliphatic hydroxyl groups excluding tert-OH is 1. The van der Waals surface area contributed by atoms with E-state index in [0.29, 0.717) is 18.2 Å². The van der Waals surface area contributed by atoms with Gasteiger partial charge in [-0.15, -0.1) is 0 Å². The second-order valence-corrected chi connectivity index (χ2v) is 8.76. The summed E-state index contributed by atoms with van der Waals surface area (Å²) in [6.45, 7) is 0.0501. The molecule has 0 spiro atoms. The van der Waals surface area contributed by atoms with Crippen molar-refractivity contribution in [2.24, 2.45) is 4.99 Å². The second kappa shape index (κ2) is 11.8. The van der Waals surface area contributed by atoms with E-state index >= 15 is 0 Å². The Labute approximate surface area is 215 Å². The van der Waals surface area contributed by atoms with Crippen LogP contribution in [-0.2, 0) is 9.59 Å². The molecular formula is C22H24Cl2N6O6. The van der Waals surface area contributed by atoms with Gasteiger partial charge in [0.1, 0.15) is 5.75 Å². The molecule has 36 heavy (non-hydrogen) atoms. The minimum atomic E-state index is -1.24. The van der Waals surface area contributed by atoms with Gasteiger partial charge in [0.15, 0.2) is 5.96 Å². The van der Waals surface area contributed by atoms with E-state index in [9.17, 15) is 29.7 Å². The maximum absolute atomic E-state index is 12.6. The lowest BCUT2D eigenvalue weighted by atomic mass is 10.0. The van der Waals surface area contributed by atoms with Gasteiger partial charge < -0.3 is 42.3 Å². The normalized spacial score (nSPS) is 15.8. The fourth-order valence-electron chi connectivity index (χ4n) is 3.38. The molecule has 9 N–H and O–H groups in total. The summed E-state index contributed by atoms with van der Waals surface area (Å²) in [5, 5.41) is 39.7. The number of aliphatic hydroxyl groups is 1. The van der Waals surface area contributed by atoms with Crippen LogP contribution in [0.3, 0.4) is 0 Å². The molecule has 1 aliphatic rings. The number of carbonyl (C=O) groups excluding carboxylic acids is 2. The van der Waals surface area contributed by atoms with Crippen LogP contribution < -0.4 is 27.0 Å². The Balaban J connectivity index is 1.66. The summed E-state index contributed by atoms with van der Waals surface area (Å²) < 4.78 is 0. The number of aliphatic carboxylic acids is 1. The van der Waals surface area contributed by atoms with E-state index in [1.807, 2.05) is 0 Å². The van der Waals surface area contributed by atoms with Crippen molar-refractivity contribution in [3.05, 3.63) is 51.5 Å². The number of nitrogens with one attached hydrogen (secondary N) is 4. The first-order valence-corrected chi connectivity index (χ1v) is 11.4. The summed E-state index contributed by atoms with van der Waals surface area (Å²) in [7, 11) is 0. The summed E-state index contributed by atoms with van der Waals surface area (Å²) in [4.78, 5) is 40.6. The number of phenols is 1. The number of hydrogen-bond acceptors (Lipinski definition) is 9. The van der Waals surface area contributed by atoms with E-state index in [1.165, 1.54) is 24.3 Å². The van der Waals surface area contributed by atoms with E-state index < -0.39 is 48.6 Å². The molecular weight excluding hydrogens is 515 g/mol. The number of hydrogen-bond donors (Lipinski definition) is 8. The van der Waals surface area contributed by atoms with Crippen LogP contribution in [0.15, 0.2) is 35.3 Å². The molecule has 2 amide bonds. The van der Waals surface area contributed by atoms with Gasteiger partial charge in [-0.3, -0.25) is 19.4 Å². The zero-order chi connectivity index (χ0) is 26.4. The smallest absolute Gasteiger partial charge is 0.305 e. The van der Waals surface area contributed by atoms with Crippen molar-refractivity contribution in [3.63, 3.8) is 0 Å². The molecule has 1 unspecified atom stereocenters. The molecule has 14 heteroatoms. The minimum Gasteiger partial charge on any atom is -0.506 e. The van der Waals surface area contributed by atoms with Crippen molar-refractivity contribution in [2.45, 2.75) is 18.6 Å². The molecule has 0 radical (unpaired) electrons. The Kier molecular flexibility index (Phi) is 8.80. The highest BCUT2D eigenvalue weighted by Crippen LogP contribution is 2.36. The summed E-state index contributed by atoms with van der Waals surface area (Å²) >= 11 is 11.9. The number of carboxylic acids is 1. The number of rotatable bonds is 8. The molecule has 192 valence electrons. The van der Waals surface area contributed by atoms with Crippen LogP contribution in [0, 0.1) is 0 Å². The third-order valence-electron chi connectivity index (χ3n) is 5.00. The van der Waals surface area contributed by atoms with Crippen molar-refractivity contribution in [1.82, 2.24) is 16.0 Å². The zero-order valence-electron chi connectivity index (χ0n) is 18.7. The van der Waals surface area contributed by atoms with Gasteiger partial charge in [-0.1, -0.05) is 23.2 Å². The van der Waals surface area contributed by atoms with Crippen LogP contribution in [-0.4, -0.2) is 64.8 Å². The van der Waals surface area contributed by atoms with Crippen LogP contribution in [0.2, 0.25) is 10.0 Å². The third-order valence-corrected chi connectivity index (χ3v) is 5.51. The number of nitrogen functional groups attached to an aromatic ring is 1. The maximum Gasteiger partial charge on any atom is 0.305 e. The van der Waals surface area contributed by atoms with Gasteiger partial charge in [0.05, 0.1) is 36.7 Å². The molecule has 2 aromatic carbocycles. The highest BCUT2D eigenvalue weighted by Gasteiger charge is 2.23. The summed E-state index contributed by atoms with van der Waals surface area (Å²) in [5.74, 6) is -2.58. The summed E-state index contributed by atoms with van der Waals surface area (Å²) in [5.41, 5.74) is 6.81. The first kappa shape index (κ1) is 26.9. The van der Waals surface area contributed by atoms with Crippen molar-refractivity contribution < 1.29 is 29.7 Å². The van der Waals surface area contributed by atoms with Crippen molar-refractivity contribution in [2.75, 3.05) is 30.7 Å². The van der Waals surface area contributed by atoms with Crippen LogP contribution in [0.1, 0.15) is 28.4 Å². The van der Waals surface area contributed by atoms with Gasteiger partial charge in [0.2, 0.25) is 5.91 Å². The molecule has 0 aromatic heterocycles. The molecule has 0 saturated heterocycles. The Bertz CT molecular complexity index is 1210. The topological polar surface area (TPSA) is 198 Å². The molecule has 1 heterocycles. The van der Waals surface area contributed by atoms with Crippen molar-refractivity contribution in [1.29, 1.82) is 0 Å². The highest BCUT2D eigenvalue weighted by atomic mass is 35.5. The molecule has 0 bridgehead atoms. The highest BCUT2D eigenvalue weighted by molar-refractivity contribution is 6.35. The number of carboxylic acid groups (broad SMARTS) is 1. The Hall–Kier alpha value is -3.74. The fraction of sp³-hybridized carbons (Fsp3) is 0.273. The van der Waals surface area contributed by atoms with Gasteiger partial charge in [-0.25, -0.2) is 0 Å². The Morgan fingerprint density at radius 3 is 2.61 bits per heavy atom. The molecule has 0 fully saturated rings. The van der Waals surface area contributed by atoms with Crippen LogP contribution in [0.25, 0.3) is 0 Å². The lowest BCUT2D eigenvalue weighted by molar-refractivity contribution is -0.137. The van der Waals surface area contributed by atoms with E-state index in [-0.39, 0.29) is 33.4 Å². The number of nitrogens with two attached hydrogens (primary N) is 1. The summed E-state index contributed by atoms with van der Waals surface area (Å²) in [6.07, 6.45) is -1.15. The number of β-amino-alcohol motifs (C(OH)–C–C–N with tert-alkyl or cyclic N) is 1. The van der Waals surface area contributed by atoms with Crippen LogP contribution >= 0.6 is 23.2 Å². The number of amides is 2. The SMILES string of the molecule is Nc1cc(NC2=NCC(O)CN2)cc(C(=O)NCC(=O)N[C@H](CC(=O)O)c2cc(Cl)cc(Cl)c2O)c1.